The molecule has 1 aromatic rings. The van der Waals surface area contributed by atoms with Crippen LogP contribution in [0.3, 0.4) is 0 Å². The van der Waals surface area contributed by atoms with Crippen molar-refractivity contribution in [1.82, 2.24) is 15.5 Å². The number of carbonyl (C=O) groups excluding carboxylic acids is 3. The van der Waals surface area contributed by atoms with Crippen LogP contribution in [-0.4, -0.2) is 34.8 Å². The number of benzene rings is 1. The Morgan fingerprint density at radius 1 is 1.23 bits per heavy atom. The maximum atomic E-state index is 13.6. The van der Waals surface area contributed by atoms with Crippen LogP contribution < -0.4 is 10.6 Å². The van der Waals surface area contributed by atoms with E-state index in [1.54, 1.807) is 25.1 Å². The van der Waals surface area contributed by atoms with Crippen LogP contribution in [0.15, 0.2) is 24.3 Å². The normalized spacial score (nSPS) is 19.6. The number of amides is 4. The summed E-state index contributed by atoms with van der Waals surface area (Å²) in [6.07, 6.45) is 4.55. The summed E-state index contributed by atoms with van der Waals surface area (Å²) in [4.78, 5) is 37.7. The summed E-state index contributed by atoms with van der Waals surface area (Å²) >= 11 is 0. The van der Waals surface area contributed by atoms with Crippen molar-refractivity contribution in [1.29, 1.82) is 0 Å². The number of rotatable bonds is 9. The molecule has 1 saturated heterocycles. The lowest BCUT2D eigenvalue weighted by Gasteiger charge is -2.21. The highest BCUT2D eigenvalue weighted by molar-refractivity contribution is 6.08. The standard InChI is InChI=1S/C19H26FN3O3/c1-3-4-5-8-11-19(2)17(25)23(18(26)22-19)13-16(24)21-12-14-9-6-7-10-15(14)20/h6-7,9-10H,3-5,8,11-13H2,1-2H3,(H,21,24)(H,22,26). The molecule has 142 valence electrons. The van der Waals surface area contributed by atoms with E-state index in [1.165, 1.54) is 6.07 Å². The van der Waals surface area contributed by atoms with Crippen molar-refractivity contribution in [2.75, 3.05) is 6.54 Å². The Kier molecular flexibility index (Phi) is 6.71. The van der Waals surface area contributed by atoms with Gasteiger partial charge < -0.3 is 10.6 Å². The average Bonchev–Trinajstić information content (AvgIpc) is 2.81. The fourth-order valence-electron chi connectivity index (χ4n) is 3.00. The van der Waals surface area contributed by atoms with Gasteiger partial charge in [-0.15, -0.1) is 0 Å². The smallest absolute Gasteiger partial charge is 0.325 e. The fraction of sp³-hybridized carbons (Fsp3) is 0.526. The summed E-state index contributed by atoms with van der Waals surface area (Å²) in [5, 5.41) is 5.23. The third-order valence-electron chi connectivity index (χ3n) is 4.61. The van der Waals surface area contributed by atoms with Gasteiger partial charge in [-0.1, -0.05) is 50.8 Å². The van der Waals surface area contributed by atoms with Crippen LogP contribution in [0.2, 0.25) is 0 Å². The van der Waals surface area contributed by atoms with Crippen molar-refractivity contribution < 1.29 is 18.8 Å². The molecule has 1 atom stereocenters. The van der Waals surface area contributed by atoms with Gasteiger partial charge in [0.1, 0.15) is 17.9 Å². The molecular formula is C19H26FN3O3. The van der Waals surface area contributed by atoms with E-state index in [-0.39, 0.29) is 19.0 Å². The molecule has 1 aromatic carbocycles. The van der Waals surface area contributed by atoms with E-state index >= 15 is 0 Å². The third-order valence-corrected chi connectivity index (χ3v) is 4.61. The lowest BCUT2D eigenvalue weighted by molar-refractivity contribution is -0.134. The highest BCUT2D eigenvalue weighted by Crippen LogP contribution is 2.23. The molecule has 6 nitrogen and oxygen atoms in total. The van der Waals surface area contributed by atoms with Crippen molar-refractivity contribution in [3.63, 3.8) is 0 Å². The Balaban J connectivity index is 1.88. The van der Waals surface area contributed by atoms with Crippen molar-refractivity contribution in [2.45, 2.75) is 58.0 Å². The predicted molar refractivity (Wildman–Crippen MR) is 95.7 cm³/mol. The van der Waals surface area contributed by atoms with E-state index in [9.17, 15) is 18.8 Å². The molecule has 1 aliphatic heterocycles. The first-order valence-electron chi connectivity index (χ1n) is 9.01. The number of imide groups is 1. The summed E-state index contributed by atoms with van der Waals surface area (Å²) in [5.41, 5.74) is -0.616. The zero-order chi connectivity index (χ0) is 19.2. The summed E-state index contributed by atoms with van der Waals surface area (Å²) in [5.74, 6) is -1.31. The first-order valence-corrected chi connectivity index (χ1v) is 9.01. The van der Waals surface area contributed by atoms with E-state index < -0.39 is 23.3 Å². The Bertz CT molecular complexity index is 680. The van der Waals surface area contributed by atoms with Crippen molar-refractivity contribution in [3.05, 3.63) is 35.6 Å². The molecule has 26 heavy (non-hydrogen) atoms. The second-order valence-electron chi connectivity index (χ2n) is 6.83. The van der Waals surface area contributed by atoms with Crippen molar-refractivity contribution >= 4 is 17.8 Å². The van der Waals surface area contributed by atoms with Gasteiger partial charge in [0.2, 0.25) is 5.91 Å². The minimum absolute atomic E-state index is 0.00341. The van der Waals surface area contributed by atoms with Crippen LogP contribution in [0.25, 0.3) is 0 Å². The molecular weight excluding hydrogens is 337 g/mol. The Morgan fingerprint density at radius 2 is 1.96 bits per heavy atom. The molecule has 4 amide bonds. The van der Waals surface area contributed by atoms with E-state index in [2.05, 4.69) is 17.6 Å². The molecule has 0 saturated carbocycles. The number of urea groups is 1. The molecule has 1 aliphatic rings. The molecule has 0 radical (unpaired) electrons. The summed E-state index contributed by atoms with van der Waals surface area (Å²) < 4.78 is 13.6. The molecule has 1 unspecified atom stereocenters. The van der Waals surface area contributed by atoms with Gasteiger partial charge in [0.05, 0.1) is 0 Å². The van der Waals surface area contributed by atoms with Crippen LogP contribution in [-0.2, 0) is 16.1 Å². The Hall–Kier alpha value is -2.44. The first kappa shape index (κ1) is 19.9. The number of nitrogens with one attached hydrogen (secondary N) is 2. The van der Waals surface area contributed by atoms with Gasteiger partial charge in [0.15, 0.2) is 0 Å². The molecule has 7 heteroatoms. The van der Waals surface area contributed by atoms with Crippen molar-refractivity contribution in [2.24, 2.45) is 0 Å². The minimum atomic E-state index is -0.962. The zero-order valence-corrected chi connectivity index (χ0v) is 15.3. The first-order chi connectivity index (χ1) is 12.4. The number of halogens is 1. The van der Waals surface area contributed by atoms with Gasteiger partial charge in [0.25, 0.3) is 5.91 Å². The van der Waals surface area contributed by atoms with Gasteiger partial charge in [-0.25, -0.2) is 9.18 Å². The van der Waals surface area contributed by atoms with Gasteiger partial charge in [-0.2, -0.15) is 0 Å². The van der Waals surface area contributed by atoms with Crippen LogP contribution in [0.4, 0.5) is 9.18 Å². The monoisotopic (exact) mass is 363 g/mol. The molecule has 0 aromatic heterocycles. The largest absolute Gasteiger partial charge is 0.350 e. The molecule has 0 aliphatic carbocycles. The van der Waals surface area contributed by atoms with Crippen molar-refractivity contribution in [3.8, 4) is 0 Å². The second-order valence-corrected chi connectivity index (χ2v) is 6.83. The third kappa shape index (κ3) is 4.80. The maximum Gasteiger partial charge on any atom is 0.325 e. The van der Waals surface area contributed by atoms with E-state index in [0.717, 1.165) is 30.6 Å². The number of unbranched alkanes of at least 4 members (excludes halogenated alkanes) is 3. The highest BCUT2D eigenvalue weighted by atomic mass is 19.1. The maximum absolute atomic E-state index is 13.6. The second kappa shape index (κ2) is 8.78. The molecule has 1 fully saturated rings. The number of hydrogen-bond donors (Lipinski definition) is 2. The topological polar surface area (TPSA) is 78.5 Å². The van der Waals surface area contributed by atoms with Crippen LogP contribution in [0, 0.1) is 5.82 Å². The predicted octanol–water partition coefficient (Wildman–Crippen LogP) is 2.72. The molecule has 2 N–H and O–H groups in total. The van der Waals surface area contributed by atoms with Crippen LogP contribution >= 0.6 is 0 Å². The van der Waals surface area contributed by atoms with Gasteiger partial charge in [-0.3, -0.25) is 14.5 Å². The van der Waals surface area contributed by atoms with Gasteiger partial charge >= 0.3 is 6.03 Å². The van der Waals surface area contributed by atoms with E-state index in [1.807, 2.05) is 0 Å². The fourth-order valence-corrected chi connectivity index (χ4v) is 3.00. The lowest BCUT2D eigenvalue weighted by atomic mass is 9.94. The molecule has 0 spiro atoms. The van der Waals surface area contributed by atoms with E-state index in [4.69, 9.17) is 0 Å². The van der Waals surface area contributed by atoms with Crippen LogP contribution in [0.1, 0.15) is 51.5 Å². The quantitative estimate of drug-likeness (QED) is 0.523. The minimum Gasteiger partial charge on any atom is -0.350 e. The zero-order valence-electron chi connectivity index (χ0n) is 15.3. The van der Waals surface area contributed by atoms with Crippen LogP contribution in [0.5, 0.6) is 0 Å². The molecule has 2 rings (SSSR count). The average molecular weight is 363 g/mol. The highest BCUT2D eigenvalue weighted by Gasteiger charge is 2.47. The summed E-state index contributed by atoms with van der Waals surface area (Å²) in [6.45, 7) is 3.43. The summed E-state index contributed by atoms with van der Waals surface area (Å²) in [7, 11) is 0. The molecule has 0 bridgehead atoms. The van der Waals surface area contributed by atoms with E-state index in [0.29, 0.717) is 12.0 Å². The lowest BCUT2D eigenvalue weighted by Crippen LogP contribution is -2.45. The SMILES string of the molecule is CCCCCCC1(C)NC(=O)N(CC(=O)NCc2ccccc2F)C1=O. The number of hydrogen-bond acceptors (Lipinski definition) is 3. The Morgan fingerprint density at radius 3 is 2.65 bits per heavy atom. The summed E-state index contributed by atoms with van der Waals surface area (Å²) in [6, 6.07) is 5.55. The number of nitrogens with zero attached hydrogens (tertiary/aromatic N) is 1. The van der Waals surface area contributed by atoms with Gasteiger partial charge in [-0.05, 0) is 19.4 Å². The molecule has 1 heterocycles. The Labute approximate surface area is 153 Å². The number of carbonyl (C=O) groups is 3. The van der Waals surface area contributed by atoms with Gasteiger partial charge in [0, 0.05) is 12.1 Å².